The molecule has 1 heterocycles. The molecule has 1 nitrogen and oxygen atoms in total. The molecule has 1 aromatic carbocycles. The van der Waals surface area contributed by atoms with Crippen molar-refractivity contribution in [3.05, 3.63) is 35.6 Å². The normalized spacial score (nSPS) is 19.0. The van der Waals surface area contributed by atoms with Gasteiger partial charge in [0, 0.05) is 13.1 Å². The van der Waals surface area contributed by atoms with Crippen molar-refractivity contribution in [3.63, 3.8) is 0 Å². The third-order valence-corrected chi connectivity index (χ3v) is 3.22. The summed E-state index contributed by atoms with van der Waals surface area (Å²) in [6.07, 6.45) is 2.16. The third-order valence-electron chi connectivity index (χ3n) is 3.22. The highest BCUT2D eigenvalue weighted by Gasteiger charge is 2.34. The van der Waals surface area contributed by atoms with Crippen molar-refractivity contribution in [3.8, 4) is 0 Å². The molecule has 0 saturated carbocycles. The first-order valence-electron chi connectivity index (χ1n) is 5.19. The van der Waals surface area contributed by atoms with Crippen LogP contribution in [0, 0.1) is 11.2 Å². The van der Waals surface area contributed by atoms with Crippen LogP contribution in [-0.2, 0) is 6.42 Å². The number of halogens is 1. The zero-order chi connectivity index (χ0) is 10.0. The van der Waals surface area contributed by atoms with Gasteiger partial charge in [-0.15, -0.1) is 0 Å². The van der Waals surface area contributed by atoms with Gasteiger partial charge < -0.3 is 5.32 Å². The molecule has 0 atom stereocenters. The summed E-state index contributed by atoms with van der Waals surface area (Å²) in [7, 11) is 0. The quantitative estimate of drug-likeness (QED) is 0.777. The summed E-state index contributed by atoms with van der Waals surface area (Å²) in [6.45, 7) is 4.35. The lowest BCUT2D eigenvalue weighted by atomic mass is 9.74. The predicted molar refractivity (Wildman–Crippen MR) is 55.7 cm³/mol. The van der Waals surface area contributed by atoms with Crippen LogP contribution in [0.15, 0.2) is 24.3 Å². The molecule has 1 aliphatic rings. The molecule has 1 aliphatic heterocycles. The molecule has 1 aromatic rings. The van der Waals surface area contributed by atoms with Crippen molar-refractivity contribution in [1.82, 2.24) is 5.32 Å². The van der Waals surface area contributed by atoms with Crippen LogP contribution in [0.3, 0.4) is 0 Å². The molecule has 0 amide bonds. The lowest BCUT2D eigenvalue weighted by Gasteiger charge is -2.42. The van der Waals surface area contributed by atoms with E-state index in [2.05, 4.69) is 12.2 Å². The number of hydrogen-bond donors (Lipinski definition) is 1. The Morgan fingerprint density at radius 1 is 1.43 bits per heavy atom. The molecule has 1 fully saturated rings. The summed E-state index contributed by atoms with van der Waals surface area (Å²) in [5.74, 6) is -0.124. The van der Waals surface area contributed by atoms with Crippen molar-refractivity contribution in [2.75, 3.05) is 13.1 Å². The summed E-state index contributed by atoms with van der Waals surface area (Å²) in [5, 5.41) is 3.29. The average molecular weight is 193 g/mol. The van der Waals surface area contributed by atoms with E-state index in [9.17, 15) is 4.39 Å². The highest BCUT2D eigenvalue weighted by Crippen LogP contribution is 2.31. The third kappa shape index (κ3) is 1.80. The zero-order valence-corrected chi connectivity index (χ0v) is 8.52. The fourth-order valence-corrected chi connectivity index (χ4v) is 2.06. The second kappa shape index (κ2) is 3.70. The Morgan fingerprint density at radius 2 is 2.21 bits per heavy atom. The number of nitrogens with one attached hydrogen (secondary N) is 1. The van der Waals surface area contributed by atoms with E-state index < -0.39 is 0 Å². The Labute approximate surface area is 84.3 Å². The Bertz CT molecular complexity index is 312. The molecule has 14 heavy (non-hydrogen) atoms. The number of rotatable bonds is 3. The van der Waals surface area contributed by atoms with E-state index in [0.717, 1.165) is 31.5 Å². The van der Waals surface area contributed by atoms with Crippen LogP contribution in [0.25, 0.3) is 0 Å². The smallest absolute Gasteiger partial charge is 0.123 e. The van der Waals surface area contributed by atoms with Gasteiger partial charge in [-0.1, -0.05) is 19.1 Å². The van der Waals surface area contributed by atoms with E-state index in [1.165, 1.54) is 6.07 Å². The molecule has 0 unspecified atom stereocenters. The first kappa shape index (κ1) is 9.66. The van der Waals surface area contributed by atoms with Crippen LogP contribution in [0.1, 0.15) is 18.9 Å². The molecule has 1 saturated heterocycles. The predicted octanol–water partition coefficient (Wildman–Crippen LogP) is 2.37. The maximum atomic E-state index is 13.0. The summed E-state index contributed by atoms with van der Waals surface area (Å²) in [4.78, 5) is 0. The van der Waals surface area contributed by atoms with Gasteiger partial charge in [0.25, 0.3) is 0 Å². The molecule has 2 heteroatoms. The number of benzene rings is 1. The van der Waals surface area contributed by atoms with E-state index >= 15 is 0 Å². The van der Waals surface area contributed by atoms with Crippen molar-refractivity contribution in [1.29, 1.82) is 0 Å². The van der Waals surface area contributed by atoms with Gasteiger partial charge in [0.05, 0.1) is 0 Å². The topological polar surface area (TPSA) is 12.0 Å². The molecular weight excluding hydrogens is 177 g/mol. The Kier molecular flexibility index (Phi) is 2.55. The molecule has 0 radical (unpaired) electrons. The molecule has 2 rings (SSSR count). The first-order chi connectivity index (χ1) is 6.74. The van der Waals surface area contributed by atoms with Crippen molar-refractivity contribution in [2.45, 2.75) is 19.8 Å². The van der Waals surface area contributed by atoms with E-state index in [-0.39, 0.29) is 5.82 Å². The lowest BCUT2D eigenvalue weighted by molar-refractivity contribution is 0.160. The van der Waals surface area contributed by atoms with Crippen LogP contribution in [0.2, 0.25) is 0 Å². The fraction of sp³-hybridized carbons (Fsp3) is 0.500. The van der Waals surface area contributed by atoms with Gasteiger partial charge in [-0.3, -0.25) is 0 Å². The molecule has 1 N–H and O–H groups in total. The fourth-order valence-electron chi connectivity index (χ4n) is 2.06. The molecule has 0 bridgehead atoms. The second-order valence-electron chi connectivity index (χ2n) is 4.26. The largest absolute Gasteiger partial charge is 0.316 e. The van der Waals surface area contributed by atoms with Crippen molar-refractivity contribution >= 4 is 0 Å². The first-order valence-corrected chi connectivity index (χ1v) is 5.19. The van der Waals surface area contributed by atoms with Crippen molar-refractivity contribution < 1.29 is 4.39 Å². The Hall–Kier alpha value is -0.890. The van der Waals surface area contributed by atoms with E-state index in [1.54, 1.807) is 12.1 Å². The lowest BCUT2D eigenvalue weighted by Crippen LogP contribution is -2.54. The average Bonchev–Trinajstić information content (AvgIpc) is 2.11. The van der Waals surface area contributed by atoms with E-state index in [4.69, 9.17) is 0 Å². The van der Waals surface area contributed by atoms with Crippen LogP contribution in [-0.4, -0.2) is 13.1 Å². The minimum absolute atomic E-state index is 0.124. The van der Waals surface area contributed by atoms with Crippen LogP contribution in [0.5, 0.6) is 0 Å². The van der Waals surface area contributed by atoms with Gasteiger partial charge >= 0.3 is 0 Å². The van der Waals surface area contributed by atoms with Gasteiger partial charge in [-0.05, 0) is 36.0 Å². The molecular formula is C12H16FN. The number of hydrogen-bond acceptors (Lipinski definition) is 1. The van der Waals surface area contributed by atoms with E-state index in [0.29, 0.717) is 5.41 Å². The highest BCUT2D eigenvalue weighted by molar-refractivity contribution is 5.19. The molecule has 0 aliphatic carbocycles. The van der Waals surface area contributed by atoms with Crippen LogP contribution < -0.4 is 5.32 Å². The maximum Gasteiger partial charge on any atom is 0.123 e. The van der Waals surface area contributed by atoms with Crippen molar-refractivity contribution in [2.24, 2.45) is 5.41 Å². The van der Waals surface area contributed by atoms with Gasteiger partial charge in [0.1, 0.15) is 5.82 Å². The molecule has 0 aromatic heterocycles. The standard InChI is InChI=1S/C12H16FN/c1-2-12(8-14-9-12)7-10-4-3-5-11(13)6-10/h3-6,14H,2,7-9H2,1H3. The monoisotopic (exact) mass is 193 g/mol. The summed E-state index contributed by atoms with van der Waals surface area (Å²) in [6, 6.07) is 6.95. The second-order valence-corrected chi connectivity index (χ2v) is 4.26. The molecule has 0 spiro atoms. The summed E-state index contributed by atoms with van der Waals surface area (Å²) in [5.41, 5.74) is 1.50. The van der Waals surface area contributed by atoms with Gasteiger partial charge in [-0.2, -0.15) is 0 Å². The minimum Gasteiger partial charge on any atom is -0.316 e. The Balaban J connectivity index is 2.09. The zero-order valence-electron chi connectivity index (χ0n) is 8.52. The van der Waals surface area contributed by atoms with Gasteiger partial charge in [-0.25, -0.2) is 4.39 Å². The molecule has 76 valence electrons. The maximum absolute atomic E-state index is 13.0. The highest BCUT2D eigenvalue weighted by atomic mass is 19.1. The SMILES string of the molecule is CCC1(Cc2cccc(F)c2)CNC1. The van der Waals surface area contributed by atoms with E-state index in [1.807, 2.05) is 6.07 Å². The van der Waals surface area contributed by atoms with Gasteiger partial charge in [0.2, 0.25) is 0 Å². The minimum atomic E-state index is -0.124. The van der Waals surface area contributed by atoms with Gasteiger partial charge in [0.15, 0.2) is 0 Å². The Morgan fingerprint density at radius 3 is 2.71 bits per heavy atom. The van der Waals surface area contributed by atoms with Crippen LogP contribution >= 0.6 is 0 Å². The van der Waals surface area contributed by atoms with Crippen LogP contribution in [0.4, 0.5) is 4.39 Å². The summed E-state index contributed by atoms with van der Waals surface area (Å²) < 4.78 is 13.0. The summed E-state index contributed by atoms with van der Waals surface area (Å²) >= 11 is 0.